The number of benzene rings is 1. The first-order valence-corrected chi connectivity index (χ1v) is 6.30. The summed E-state index contributed by atoms with van der Waals surface area (Å²) >= 11 is 3.20. The summed E-state index contributed by atoms with van der Waals surface area (Å²) in [5.41, 5.74) is -2.35. The van der Waals surface area contributed by atoms with Crippen LogP contribution in [0.3, 0.4) is 0 Å². The van der Waals surface area contributed by atoms with E-state index in [1.165, 1.54) is 12.1 Å². The van der Waals surface area contributed by atoms with Gasteiger partial charge in [0.25, 0.3) is 11.8 Å². The van der Waals surface area contributed by atoms with Gasteiger partial charge in [0.15, 0.2) is 5.78 Å². The van der Waals surface area contributed by atoms with Gasteiger partial charge in [0.1, 0.15) is 0 Å². The minimum absolute atomic E-state index is 0.235. The summed E-state index contributed by atoms with van der Waals surface area (Å²) in [6.07, 6.45) is -0.750. The molecule has 0 atom stereocenters. The van der Waals surface area contributed by atoms with Crippen LogP contribution in [0.4, 0.5) is 4.79 Å². The number of nitrogens with one attached hydrogen (secondary N) is 2. The van der Waals surface area contributed by atoms with E-state index in [4.69, 9.17) is 0 Å². The average molecular weight is 341 g/mol. The fourth-order valence-corrected chi connectivity index (χ4v) is 1.94. The quantitative estimate of drug-likeness (QED) is 0.534. The number of carbonyl (C=O) groups excluding carboxylic acids is 4. The van der Waals surface area contributed by atoms with Gasteiger partial charge in [-0.3, -0.25) is 25.0 Å². The van der Waals surface area contributed by atoms with E-state index in [-0.39, 0.29) is 5.56 Å². The molecule has 1 saturated heterocycles. The summed E-state index contributed by atoms with van der Waals surface area (Å²) < 4.78 is 0.756. The van der Waals surface area contributed by atoms with Gasteiger partial charge < -0.3 is 5.11 Å². The van der Waals surface area contributed by atoms with Gasteiger partial charge in [-0.2, -0.15) is 0 Å². The van der Waals surface area contributed by atoms with Gasteiger partial charge in [0.2, 0.25) is 5.60 Å². The lowest BCUT2D eigenvalue weighted by atomic mass is 9.91. The van der Waals surface area contributed by atoms with Crippen molar-refractivity contribution in [2.24, 2.45) is 0 Å². The van der Waals surface area contributed by atoms with E-state index < -0.39 is 35.7 Å². The Bertz CT molecular complexity index is 591. The number of barbiturate groups is 1. The topological polar surface area (TPSA) is 113 Å². The van der Waals surface area contributed by atoms with Gasteiger partial charge in [-0.25, -0.2) is 4.79 Å². The van der Waals surface area contributed by atoms with Gasteiger partial charge in [0.05, 0.1) is 6.42 Å². The highest BCUT2D eigenvalue weighted by molar-refractivity contribution is 9.10. The fraction of sp³-hybridized carbons (Fsp3) is 0.167. The Morgan fingerprint density at radius 3 is 2.10 bits per heavy atom. The maximum atomic E-state index is 12.0. The highest BCUT2D eigenvalue weighted by atomic mass is 79.9. The number of urea groups is 1. The third-order valence-corrected chi connectivity index (χ3v) is 3.32. The first-order valence-electron chi connectivity index (χ1n) is 5.51. The Hall–Kier alpha value is -2.06. The molecule has 7 nitrogen and oxygen atoms in total. The molecule has 20 heavy (non-hydrogen) atoms. The normalized spacial score (nSPS) is 17.4. The molecule has 1 aromatic rings. The number of amides is 4. The number of hydrogen-bond donors (Lipinski definition) is 3. The van der Waals surface area contributed by atoms with E-state index in [2.05, 4.69) is 15.9 Å². The average Bonchev–Trinajstić information content (AvgIpc) is 2.37. The molecule has 0 spiro atoms. The Kier molecular flexibility index (Phi) is 3.69. The van der Waals surface area contributed by atoms with E-state index >= 15 is 0 Å². The summed E-state index contributed by atoms with van der Waals surface area (Å²) in [7, 11) is 0. The fourth-order valence-electron chi connectivity index (χ4n) is 1.68. The molecule has 104 valence electrons. The number of ketones is 1. The Labute approximate surface area is 121 Å². The molecular formula is C12H9BrN2O5. The Morgan fingerprint density at radius 2 is 1.60 bits per heavy atom. The maximum absolute atomic E-state index is 12.0. The number of rotatable bonds is 3. The molecule has 0 unspecified atom stereocenters. The molecule has 0 aromatic heterocycles. The van der Waals surface area contributed by atoms with E-state index in [0.717, 1.165) is 4.47 Å². The molecular weight excluding hydrogens is 332 g/mol. The van der Waals surface area contributed by atoms with Crippen LogP contribution in [-0.2, 0) is 9.59 Å². The molecule has 0 aliphatic carbocycles. The predicted molar refractivity (Wildman–Crippen MR) is 69.7 cm³/mol. The van der Waals surface area contributed by atoms with Crippen molar-refractivity contribution in [2.75, 3.05) is 0 Å². The highest BCUT2D eigenvalue weighted by Gasteiger charge is 2.50. The van der Waals surface area contributed by atoms with Crippen molar-refractivity contribution >= 4 is 39.6 Å². The van der Waals surface area contributed by atoms with Crippen molar-refractivity contribution in [3.8, 4) is 0 Å². The lowest BCUT2D eigenvalue weighted by Crippen LogP contribution is -2.67. The molecule has 0 saturated carbocycles. The zero-order valence-electron chi connectivity index (χ0n) is 9.97. The molecule has 8 heteroatoms. The van der Waals surface area contributed by atoms with Crippen molar-refractivity contribution in [2.45, 2.75) is 12.0 Å². The van der Waals surface area contributed by atoms with Crippen LogP contribution in [0.2, 0.25) is 0 Å². The van der Waals surface area contributed by atoms with Gasteiger partial charge in [-0.15, -0.1) is 0 Å². The van der Waals surface area contributed by atoms with Crippen LogP contribution in [0.5, 0.6) is 0 Å². The van der Waals surface area contributed by atoms with Crippen LogP contribution in [0, 0.1) is 0 Å². The smallest absolute Gasteiger partial charge is 0.328 e. The second-order valence-corrected chi connectivity index (χ2v) is 5.12. The van der Waals surface area contributed by atoms with Crippen molar-refractivity contribution < 1.29 is 24.3 Å². The van der Waals surface area contributed by atoms with Gasteiger partial charge >= 0.3 is 6.03 Å². The molecule has 1 heterocycles. The molecule has 1 aliphatic heterocycles. The van der Waals surface area contributed by atoms with Gasteiger partial charge in [-0.05, 0) is 12.1 Å². The zero-order valence-corrected chi connectivity index (χ0v) is 11.6. The predicted octanol–water partition coefficient (Wildman–Crippen LogP) is 0.119. The second kappa shape index (κ2) is 5.14. The molecule has 0 bridgehead atoms. The lowest BCUT2D eigenvalue weighted by Gasteiger charge is -2.28. The first kappa shape index (κ1) is 14.4. The van der Waals surface area contributed by atoms with Gasteiger partial charge in [0, 0.05) is 10.0 Å². The third kappa shape index (κ3) is 2.61. The molecule has 2 rings (SSSR count). The van der Waals surface area contributed by atoms with Crippen LogP contribution in [0.15, 0.2) is 28.7 Å². The van der Waals surface area contributed by atoms with Crippen LogP contribution < -0.4 is 10.6 Å². The number of carbonyl (C=O) groups is 4. The minimum atomic E-state index is -2.59. The molecule has 1 aromatic carbocycles. The minimum Gasteiger partial charge on any atom is -0.371 e. The summed E-state index contributed by atoms with van der Waals surface area (Å²) in [4.78, 5) is 46.0. The second-order valence-electron chi connectivity index (χ2n) is 4.20. The Balaban J connectivity index is 2.21. The monoisotopic (exact) mass is 340 g/mol. The molecule has 3 N–H and O–H groups in total. The highest BCUT2D eigenvalue weighted by Crippen LogP contribution is 2.19. The number of imide groups is 2. The summed E-state index contributed by atoms with van der Waals surface area (Å²) in [6.45, 7) is 0. The maximum Gasteiger partial charge on any atom is 0.328 e. The van der Waals surface area contributed by atoms with Crippen molar-refractivity contribution in [1.29, 1.82) is 0 Å². The van der Waals surface area contributed by atoms with Gasteiger partial charge in [-0.1, -0.05) is 28.1 Å². The van der Waals surface area contributed by atoms with Crippen molar-refractivity contribution in [3.05, 3.63) is 34.3 Å². The van der Waals surface area contributed by atoms with Crippen molar-refractivity contribution in [1.82, 2.24) is 10.6 Å². The first-order chi connectivity index (χ1) is 9.33. The SMILES string of the molecule is O=C1NC(=O)C(O)(CC(=O)c2ccc(Br)cc2)C(=O)N1. The van der Waals surface area contributed by atoms with Crippen LogP contribution in [-0.4, -0.2) is 34.3 Å². The standard InChI is InChI=1S/C12H9BrN2O5/c13-7-3-1-6(2-4-7)8(16)5-12(20)9(17)14-11(19)15-10(12)18/h1-4,20H,5H2,(H2,14,15,17,18,19). The Morgan fingerprint density at radius 1 is 1.10 bits per heavy atom. The van der Waals surface area contributed by atoms with E-state index in [9.17, 15) is 24.3 Å². The summed E-state index contributed by atoms with van der Waals surface area (Å²) in [5.74, 6) is -3.02. The molecule has 1 fully saturated rings. The summed E-state index contributed by atoms with van der Waals surface area (Å²) in [5, 5.41) is 13.5. The number of aliphatic hydroxyl groups is 1. The zero-order chi connectivity index (χ0) is 14.9. The van der Waals surface area contributed by atoms with Crippen molar-refractivity contribution in [3.63, 3.8) is 0 Å². The summed E-state index contributed by atoms with van der Waals surface area (Å²) in [6, 6.07) is 5.17. The molecule has 0 radical (unpaired) electrons. The van der Waals surface area contributed by atoms with E-state index in [0.29, 0.717) is 0 Å². The number of hydrogen-bond acceptors (Lipinski definition) is 5. The third-order valence-electron chi connectivity index (χ3n) is 2.79. The van der Waals surface area contributed by atoms with Crippen LogP contribution >= 0.6 is 15.9 Å². The largest absolute Gasteiger partial charge is 0.371 e. The lowest BCUT2D eigenvalue weighted by molar-refractivity contribution is -0.154. The molecule has 4 amide bonds. The number of Topliss-reactive ketones (excluding diaryl/α,β-unsaturated/α-hetero) is 1. The van der Waals surface area contributed by atoms with Crippen LogP contribution in [0.1, 0.15) is 16.8 Å². The van der Waals surface area contributed by atoms with E-state index in [1.54, 1.807) is 22.8 Å². The van der Waals surface area contributed by atoms with Crippen LogP contribution in [0.25, 0.3) is 0 Å². The molecule has 1 aliphatic rings. The van der Waals surface area contributed by atoms with E-state index in [1.807, 2.05) is 0 Å². The number of halogens is 1.